The molecule has 0 fully saturated rings. The Balaban J connectivity index is 2.55. The Morgan fingerprint density at radius 2 is 2.15 bits per heavy atom. The second-order valence-corrected chi connectivity index (χ2v) is 3.89. The molecule has 1 rings (SSSR count). The van der Waals surface area contributed by atoms with Crippen molar-refractivity contribution in [3.8, 4) is 0 Å². The number of alkyl carbamates (subject to hydrolysis) is 1. The minimum absolute atomic E-state index is 0.153. The van der Waals surface area contributed by atoms with Gasteiger partial charge in [-0.2, -0.15) is 13.2 Å². The summed E-state index contributed by atoms with van der Waals surface area (Å²) in [6.45, 7) is 2.22. The van der Waals surface area contributed by atoms with Crippen molar-refractivity contribution in [1.82, 2.24) is 5.32 Å². The van der Waals surface area contributed by atoms with Crippen LogP contribution in [-0.2, 0) is 10.9 Å². The largest absolute Gasteiger partial charge is 0.450 e. The van der Waals surface area contributed by atoms with Crippen molar-refractivity contribution in [2.45, 2.75) is 13.1 Å². The molecule has 112 valence electrons. The molecule has 1 amide bonds. The van der Waals surface area contributed by atoms with Crippen molar-refractivity contribution in [2.24, 2.45) is 5.84 Å². The summed E-state index contributed by atoms with van der Waals surface area (Å²) in [6.07, 6.45) is -5.01. The fourth-order valence-corrected chi connectivity index (χ4v) is 1.45. The van der Waals surface area contributed by atoms with Gasteiger partial charge in [0.25, 0.3) is 0 Å². The number of halogens is 3. The van der Waals surface area contributed by atoms with Gasteiger partial charge in [0.15, 0.2) is 0 Å². The Morgan fingerprint density at radius 3 is 2.75 bits per heavy atom. The molecule has 0 bridgehead atoms. The molecule has 0 heterocycles. The summed E-state index contributed by atoms with van der Waals surface area (Å²) in [7, 11) is 0. The van der Waals surface area contributed by atoms with Crippen LogP contribution in [0.25, 0.3) is 0 Å². The number of amides is 1. The molecule has 0 spiro atoms. The third kappa shape index (κ3) is 4.96. The van der Waals surface area contributed by atoms with Crippen molar-refractivity contribution in [3.05, 3.63) is 29.8 Å². The third-order valence-electron chi connectivity index (χ3n) is 2.40. The Kier molecular flexibility index (Phi) is 5.63. The summed E-state index contributed by atoms with van der Waals surface area (Å²) in [5.74, 6) is 5.64. The normalized spacial score (nSPS) is 11.1. The van der Waals surface area contributed by atoms with Gasteiger partial charge < -0.3 is 15.1 Å². The molecule has 1 aromatic carbocycles. The number of nitrogens with zero attached hydrogens (tertiary/aromatic N) is 1. The van der Waals surface area contributed by atoms with E-state index in [0.29, 0.717) is 0 Å². The van der Waals surface area contributed by atoms with Crippen LogP contribution < -0.4 is 16.2 Å². The zero-order chi connectivity index (χ0) is 15.2. The number of rotatable bonds is 5. The van der Waals surface area contributed by atoms with Crippen molar-refractivity contribution < 1.29 is 22.7 Å². The van der Waals surface area contributed by atoms with Crippen molar-refractivity contribution >= 4 is 11.8 Å². The number of nitrogens with one attached hydrogen (secondary N) is 1. The van der Waals surface area contributed by atoms with E-state index in [1.807, 2.05) is 0 Å². The first-order valence-corrected chi connectivity index (χ1v) is 5.94. The summed E-state index contributed by atoms with van der Waals surface area (Å²) in [4.78, 5) is 11.0. The molecule has 5 nitrogen and oxygen atoms in total. The minimum Gasteiger partial charge on any atom is -0.450 e. The number of alkyl halides is 3. The second kappa shape index (κ2) is 6.99. The Morgan fingerprint density at radius 1 is 1.45 bits per heavy atom. The Bertz CT molecular complexity index is 452. The summed E-state index contributed by atoms with van der Waals surface area (Å²) in [5, 5.41) is 3.55. The lowest BCUT2D eigenvalue weighted by Crippen LogP contribution is -2.39. The van der Waals surface area contributed by atoms with Gasteiger partial charge in [-0.05, 0) is 25.1 Å². The van der Waals surface area contributed by atoms with E-state index in [9.17, 15) is 18.0 Å². The van der Waals surface area contributed by atoms with Crippen molar-refractivity contribution in [2.75, 3.05) is 24.7 Å². The van der Waals surface area contributed by atoms with Gasteiger partial charge >= 0.3 is 12.3 Å². The van der Waals surface area contributed by atoms with Crippen LogP contribution in [0.3, 0.4) is 0 Å². The van der Waals surface area contributed by atoms with Crippen LogP contribution in [0.5, 0.6) is 0 Å². The van der Waals surface area contributed by atoms with Gasteiger partial charge in [-0.25, -0.2) is 10.6 Å². The first kappa shape index (κ1) is 16.1. The van der Waals surface area contributed by atoms with E-state index in [1.165, 1.54) is 12.1 Å². The van der Waals surface area contributed by atoms with Gasteiger partial charge in [0.05, 0.1) is 24.4 Å². The molecule has 0 aliphatic heterocycles. The minimum atomic E-state index is -4.42. The number of benzene rings is 1. The lowest BCUT2D eigenvalue weighted by atomic mass is 10.2. The third-order valence-corrected chi connectivity index (χ3v) is 2.40. The fourth-order valence-electron chi connectivity index (χ4n) is 1.45. The maximum atomic E-state index is 12.5. The predicted octanol–water partition coefficient (Wildman–Crippen LogP) is 2.13. The number of ether oxygens (including phenoxy) is 1. The zero-order valence-corrected chi connectivity index (χ0v) is 10.9. The maximum Gasteiger partial charge on any atom is 0.416 e. The fraction of sp³-hybridized carbons (Fsp3) is 0.417. The van der Waals surface area contributed by atoms with Gasteiger partial charge in [0, 0.05) is 6.54 Å². The highest BCUT2D eigenvalue weighted by molar-refractivity contribution is 5.67. The highest BCUT2D eigenvalue weighted by atomic mass is 19.4. The molecule has 1 aromatic rings. The Labute approximate surface area is 114 Å². The standard InChI is InChI=1S/C12H16F3N3O2/c1-2-20-11(19)17-6-7-18(16)10-5-3-4-9(8-10)12(13,14)15/h3-5,8H,2,6-7,16H2,1H3,(H,17,19). The molecule has 20 heavy (non-hydrogen) atoms. The Hall–Kier alpha value is -1.96. The lowest BCUT2D eigenvalue weighted by Gasteiger charge is -2.20. The molecule has 8 heteroatoms. The van der Waals surface area contributed by atoms with Crippen molar-refractivity contribution in [1.29, 1.82) is 0 Å². The number of anilines is 1. The van der Waals surface area contributed by atoms with Gasteiger partial charge in [0.1, 0.15) is 0 Å². The van der Waals surface area contributed by atoms with E-state index in [2.05, 4.69) is 10.1 Å². The average molecular weight is 291 g/mol. The van der Waals surface area contributed by atoms with E-state index in [0.717, 1.165) is 17.1 Å². The van der Waals surface area contributed by atoms with E-state index in [4.69, 9.17) is 5.84 Å². The number of carbonyl (C=O) groups excluding carboxylic acids is 1. The van der Waals surface area contributed by atoms with E-state index >= 15 is 0 Å². The quantitative estimate of drug-likeness (QED) is 0.644. The van der Waals surface area contributed by atoms with Crippen LogP contribution >= 0.6 is 0 Å². The molecule has 3 N–H and O–H groups in total. The second-order valence-electron chi connectivity index (χ2n) is 3.89. The lowest BCUT2D eigenvalue weighted by molar-refractivity contribution is -0.137. The monoisotopic (exact) mass is 291 g/mol. The van der Waals surface area contributed by atoms with Crippen LogP contribution in [0.2, 0.25) is 0 Å². The summed E-state index contributed by atoms with van der Waals surface area (Å²) in [5.41, 5.74) is -0.561. The van der Waals surface area contributed by atoms with Gasteiger partial charge in [-0.3, -0.25) is 0 Å². The molecule has 0 aromatic heterocycles. The number of nitrogens with two attached hydrogens (primary N) is 1. The molecule has 0 aliphatic carbocycles. The SMILES string of the molecule is CCOC(=O)NCCN(N)c1cccc(C(F)(F)F)c1. The molecule has 0 unspecified atom stereocenters. The number of hydrazine groups is 1. The summed E-state index contributed by atoms with van der Waals surface area (Å²) >= 11 is 0. The smallest absolute Gasteiger partial charge is 0.416 e. The summed E-state index contributed by atoms with van der Waals surface area (Å²) in [6, 6.07) is 4.65. The number of carbonyl (C=O) groups is 1. The van der Waals surface area contributed by atoms with Crippen LogP contribution in [0.4, 0.5) is 23.7 Å². The van der Waals surface area contributed by atoms with E-state index < -0.39 is 17.8 Å². The van der Waals surface area contributed by atoms with Crippen LogP contribution in [-0.4, -0.2) is 25.8 Å². The molecular formula is C12H16F3N3O2. The van der Waals surface area contributed by atoms with Gasteiger partial charge in [-0.1, -0.05) is 6.07 Å². The van der Waals surface area contributed by atoms with Crippen LogP contribution in [0, 0.1) is 0 Å². The first-order chi connectivity index (χ1) is 9.34. The molecule has 0 saturated heterocycles. The maximum absolute atomic E-state index is 12.5. The molecule has 0 radical (unpaired) electrons. The predicted molar refractivity (Wildman–Crippen MR) is 68.0 cm³/mol. The van der Waals surface area contributed by atoms with Gasteiger partial charge in [0.2, 0.25) is 0 Å². The molecule has 0 atom stereocenters. The van der Waals surface area contributed by atoms with E-state index in [1.54, 1.807) is 6.92 Å². The number of hydrogen-bond acceptors (Lipinski definition) is 4. The molecular weight excluding hydrogens is 275 g/mol. The highest BCUT2D eigenvalue weighted by Crippen LogP contribution is 2.31. The van der Waals surface area contributed by atoms with Gasteiger partial charge in [-0.15, -0.1) is 0 Å². The highest BCUT2D eigenvalue weighted by Gasteiger charge is 2.30. The molecule has 0 saturated carbocycles. The van der Waals surface area contributed by atoms with Crippen LogP contribution in [0.1, 0.15) is 12.5 Å². The van der Waals surface area contributed by atoms with E-state index in [-0.39, 0.29) is 25.4 Å². The number of hydrogen-bond donors (Lipinski definition) is 2. The van der Waals surface area contributed by atoms with Crippen LogP contribution in [0.15, 0.2) is 24.3 Å². The van der Waals surface area contributed by atoms with Crippen molar-refractivity contribution in [3.63, 3.8) is 0 Å². The summed E-state index contributed by atoms with van der Waals surface area (Å²) < 4.78 is 42.3. The first-order valence-electron chi connectivity index (χ1n) is 5.94. The molecule has 0 aliphatic rings. The topological polar surface area (TPSA) is 67.6 Å². The zero-order valence-electron chi connectivity index (χ0n) is 10.9. The average Bonchev–Trinajstić information content (AvgIpc) is 2.38.